The van der Waals surface area contributed by atoms with E-state index in [-0.39, 0.29) is 53.8 Å². The molecule has 3 aliphatic rings. The van der Waals surface area contributed by atoms with Crippen molar-refractivity contribution in [3.05, 3.63) is 202 Å². The normalized spacial score (nSPS) is 14.5. The largest absolute Gasteiger partial charge is 2.00 e. The van der Waals surface area contributed by atoms with E-state index in [1.54, 1.807) is 0 Å². The average molecular weight is 1050 g/mol. The number of fused-ring (bicyclic) bond motifs is 10. The molecule has 5 aromatic carbocycles. The van der Waals surface area contributed by atoms with Gasteiger partial charge in [0.1, 0.15) is 11.5 Å². The van der Waals surface area contributed by atoms with Crippen molar-refractivity contribution in [1.82, 2.24) is 19.9 Å². The molecule has 0 fully saturated rings. The number of benzene rings is 5. The second-order valence-corrected chi connectivity index (χ2v) is 24.1. The molecule has 73 heavy (non-hydrogen) atoms. The third-order valence-corrected chi connectivity index (χ3v) is 14.9. The van der Waals surface area contributed by atoms with Gasteiger partial charge in [-0.1, -0.05) is 229 Å². The summed E-state index contributed by atoms with van der Waals surface area (Å²) in [5, 5.41) is 13.4. The number of aromatic nitrogens is 4. The van der Waals surface area contributed by atoms with Crippen LogP contribution >= 0.6 is 0 Å². The molecule has 0 saturated heterocycles. The summed E-state index contributed by atoms with van der Waals surface area (Å²) in [7, 11) is 0. The minimum absolute atomic E-state index is 0. The van der Waals surface area contributed by atoms with Gasteiger partial charge in [-0.3, -0.25) is 0 Å². The Balaban J connectivity index is 0.00000611. The van der Waals surface area contributed by atoms with Gasteiger partial charge in [-0.15, -0.1) is 22.1 Å². The molecule has 8 aromatic rings. The summed E-state index contributed by atoms with van der Waals surface area (Å²) in [6.45, 7) is 26.9. The van der Waals surface area contributed by atoms with Crippen LogP contribution in [-0.4, -0.2) is 15.1 Å². The number of allylic oxidation sites excluding steroid dienone is 1. The van der Waals surface area contributed by atoms with Crippen molar-refractivity contribution in [2.45, 2.75) is 111 Å². The fraction of sp³-hybridized carbons (Fsp3) is 0.254. The molecule has 1 N–H and O–H groups in total. The topological polar surface area (TPSA) is 74.2 Å². The van der Waals surface area contributed by atoms with Crippen molar-refractivity contribution >= 4 is 45.6 Å². The number of aliphatic hydroxyl groups is 1. The Morgan fingerprint density at radius 1 is 0.411 bits per heavy atom. The number of rotatable bonds is 4. The van der Waals surface area contributed by atoms with E-state index in [9.17, 15) is 5.11 Å². The van der Waals surface area contributed by atoms with Gasteiger partial charge in [0, 0.05) is 11.5 Å². The predicted octanol–water partition coefficient (Wildman–Crippen LogP) is 17.2. The molecular weight excluding hydrogens is 983 g/mol. The van der Waals surface area contributed by atoms with E-state index in [0.29, 0.717) is 11.2 Å². The first kappa shape index (κ1) is 49.7. The van der Waals surface area contributed by atoms with Gasteiger partial charge in [0.15, 0.2) is 0 Å². The van der Waals surface area contributed by atoms with Gasteiger partial charge in [-0.25, -0.2) is 9.97 Å². The zero-order valence-electron chi connectivity index (χ0n) is 44.1. The smallest absolute Gasteiger partial charge is 0.657 e. The Morgan fingerprint density at radius 2 is 0.808 bits per heavy atom. The van der Waals surface area contributed by atoms with Gasteiger partial charge in [-0.2, -0.15) is 0 Å². The van der Waals surface area contributed by atoms with E-state index >= 15 is 0 Å². The number of nitrogens with zero attached hydrogens (tertiary/aromatic N) is 4. The third-order valence-electron chi connectivity index (χ3n) is 14.9. The van der Waals surface area contributed by atoms with E-state index < -0.39 is 0 Å². The molecule has 0 spiro atoms. The summed E-state index contributed by atoms with van der Waals surface area (Å²) in [4.78, 5) is 22.5. The Bertz CT molecular complexity index is 3690. The summed E-state index contributed by atoms with van der Waals surface area (Å²) in [6.07, 6.45) is 4.27. The van der Waals surface area contributed by atoms with Crippen LogP contribution in [0.4, 0.5) is 0 Å². The first-order valence-electron chi connectivity index (χ1n) is 25.5. The van der Waals surface area contributed by atoms with Gasteiger partial charge in [-0.05, 0) is 112 Å². The van der Waals surface area contributed by atoms with Gasteiger partial charge < -0.3 is 15.1 Å². The molecular formula is C67H64N4OPd. The van der Waals surface area contributed by atoms with Crippen LogP contribution in [0.3, 0.4) is 0 Å². The molecule has 1 unspecified atom stereocenters. The van der Waals surface area contributed by atoms with Crippen LogP contribution in [0.25, 0.3) is 90.1 Å². The fourth-order valence-electron chi connectivity index (χ4n) is 10.7. The maximum absolute atomic E-state index is 13.4. The van der Waals surface area contributed by atoms with Gasteiger partial charge >= 0.3 is 20.4 Å². The van der Waals surface area contributed by atoms with Gasteiger partial charge in [0.05, 0.1) is 17.1 Å². The van der Waals surface area contributed by atoms with E-state index in [0.717, 1.165) is 94.8 Å². The number of hydrogen-bond donors (Lipinski definition) is 1. The molecule has 6 heteroatoms. The SMILES string of the molecule is CC(C)(C)c1ccc(-c2c3nc(c(-c4ccc(C(C)(C)C)cc4)c4ccc([n-]4)c4c5nc(c(-c6ccc(C(C)(C)C)cc6)c6ccc2[n-]6)C(O)=C5C(c2ccccc2)c2cc(C(C)(C)C)ccc2-4)C=C3)cc1.[Pd+2]. The maximum atomic E-state index is 13.4. The summed E-state index contributed by atoms with van der Waals surface area (Å²) in [6, 6.07) is 52.4. The standard InChI is InChI=1S/C67H64N4O.Pd/c1-64(2,3)43-24-18-40(19-25-43)56-49-32-33-50(68-49)57(41-20-26-44(27-21-41)65(4,5)6)52-35-37-54(70-52)59-47-31-30-46(67(10,11)12)38-48(47)55(39-16-14-13-15-17-39)60-61(59)71-62(63(60)72)58(53-36-34-51(56)69-53)42-22-28-45(29-23-42)66(7,8)9;/h13-38,55H,1-12H3,(H-2,68,69,70,71,72);/q-2;+2. The van der Waals surface area contributed by atoms with Crippen molar-refractivity contribution < 1.29 is 25.5 Å². The van der Waals surface area contributed by atoms with E-state index in [1.807, 2.05) is 0 Å². The predicted molar refractivity (Wildman–Crippen MR) is 302 cm³/mol. The first-order valence-corrected chi connectivity index (χ1v) is 25.5. The second kappa shape index (κ2) is 18.0. The van der Waals surface area contributed by atoms with E-state index in [1.165, 1.54) is 22.3 Å². The van der Waals surface area contributed by atoms with Crippen molar-refractivity contribution in [3.63, 3.8) is 0 Å². The molecule has 3 aromatic heterocycles. The average Bonchev–Trinajstić information content (AvgIpc) is 4.17. The number of hydrogen-bond acceptors (Lipinski definition) is 3. The molecule has 11 rings (SSSR count). The Kier molecular flexibility index (Phi) is 12.2. The maximum Gasteiger partial charge on any atom is 2.00 e. The minimum Gasteiger partial charge on any atom is -0.657 e. The Hall–Kier alpha value is -6.84. The van der Waals surface area contributed by atoms with Crippen molar-refractivity contribution in [2.24, 2.45) is 0 Å². The van der Waals surface area contributed by atoms with Crippen LogP contribution in [0, 0.1) is 0 Å². The molecule has 0 saturated carbocycles. The van der Waals surface area contributed by atoms with Crippen LogP contribution < -0.4 is 9.97 Å². The summed E-state index contributed by atoms with van der Waals surface area (Å²) in [5.41, 5.74) is 21.1. The molecule has 5 nitrogen and oxygen atoms in total. The molecule has 5 heterocycles. The quantitative estimate of drug-likeness (QED) is 0.178. The second-order valence-electron chi connectivity index (χ2n) is 24.1. The van der Waals surface area contributed by atoms with Gasteiger partial charge in [0.2, 0.25) is 0 Å². The van der Waals surface area contributed by atoms with Gasteiger partial charge in [0.25, 0.3) is 0 Å². The van der Waals surface area contributed by atoms with Crippen LogP contribution in [0.1, 0.15) is 145 Å². The molecule has 0 amide bonds. The minimum atomic E-state index is -0.321. The summed E-state index contributed by atoms with van der Waals surface area (Å²) in [5.74, 6) is -0.174. The Morgan fingerprint density at radius 3 is 1.25 bits per heavy atom. The van der Waals surface area contributed by atoms with E-state index in [2.05, 4.69) is 241 Å². The first-order chi connectivity index (χ1) is 34.1. The van der Waals surface area contributed by atoms with Crippen LogP contribution in [0.2, 0.25) is 0 Å². The zero-order chi connectivity index (χ0) is 50.6. The molecule has 8 bridgehead atoms. The molecule has 368 valence electrons. The monoisotopic (exact) mass is 1050 g/mol. The summed E-state index contributed by atoms with van der Waals surface area (Å²) < 4.78 is 0. The third kappa shape index (κ3) is 8.87. The fourth-order valence-corrected chi connectivity index (χ4v) is 10.7. The number of aliphatic hydroxyl groups excluding tert-OH is 1. The molecule has 1 atom stereocenters. The van der Waals surface area contributed by atoms with Crippen molar-refractivity contribution in [2.75, 3.05) is 0 Å². The zero-order valence-corrected chi connectivity index (χ0v) is 45.7. The Labute approximate surface area is 445 Å². The summed E-state index contributed by atoms with van der Waals surface area (Å²) >= 11 is 0. The molecule has 1 aliphatic carbocycles. The van der Waals surface area contributed by atoms with Crippen molar-refractivity contribution in [1.29, 1.82) is 0 Å². The van der Waals surface area contributed by atoms with Crippen LogP contribution in [-0.2, 0) is 42.1 Å². The molecule has 0 radical (unpaired) electrons. The van der Waals surface area contributed by atoms with E-state index in [4.69, 9.17) is 19.9 Å². The van der Waals surface area contributed by atoms with Crippen LogP contribution in [0.5, 0.6) is 0 Å². The molecule has 2 aliphatic heterocycles. The van der Waals surface area contributed by atoms with Crippen molar-refractivity contribution in [3.8, 4) is 44.5 Å². The van der Waals surface area contributed by atoms with Crippen LogP contribution in [0.15, 0.2) is 146 Å².